The van der Waals surface area contributed by atoms with Crippen LogP contribution < -0.4 is 10.9 Å². The van der Waals surface area contributed by atoms with Gasteiger partial charge in [-0.2, -0.15) is 0 Å². The largest absolute Gasteiger partial charge is 0.389 e. The fraction of sp³-hybridized carbons (Fsp3) is 0.357. The van der Waals surface area contributed by atoms with Gasteiger partial charge in [-0.1, -0.05) is 18.2 Å². The van der Waals surface area contributed by atoms with E-state index < -0.39 is 22.3 Å². The Labute approximate surface area is 126 Å². The Morgan fingerprint density at radius 3 is 2.77 bits per heavy atom. The van der Waals surface area contributed by atoms with Crippen molar-refractivity contribution in [2.45, 2.75) is 6.10 Å². The van der Waals surface area contributed by atoms with Crippen LogP contribution in [-0.2, 0) is 11.8 Å². The third-order valence-electron chi connectivity index (χ3n) is 3.33. The number of aliphatic hydroxyl groups is 1. The van der Waals surface area contributed by atoms with Crippen molar-refractivity contribution in [2.24, 2.45) is 7.05 Å². The number of hydrogen-bond donors (Lipinski definition) is 2. The first-order chi connectivity index (χ1) is 10.5. The van der Waals surface area contributed by atoms with E-state index in [2.05, 4.69) is 5.32 Å². The number of aliphatic hydroxyl groups excluding tert-OH is 1. The molecule has 2 N–H and O–H groups in total. The van der Waals surface area contributed by atoms with E-state index in [4.69, 9.17) is 4.74 Å². The van der Waals surface area contributed by atoms with Crippen molar-refractivity contribution in [3.63, 3.8) is 0 Å². The average Bonchev–Trinajstić information content (AvgIpc) is 2.49. The molecule has 0 saturated heterocycles. The standard InChI is InChI=1S/C14H17N3O5/c1-16-11-6-4-3-5-10(11)12(13(14(16)19)17(20)21)15-7-9(18)8-22-2/h3-6,9,15,18H,7-8H2,1-2H3/t9-/m1/s1. The van der Waals surface area contributed by atoms with Crippen molar-refractivity contribution in [3.05, 3.63) is 44.7 Å². The summed E-state index contributed by atoms with van der Waals surface area (Å²) in [4.78, 5) is 22.8. The van der Waals surface area contributed by atoms with Gasteiger partial charge < -0.3 is 19.7 Å². The number of pyridine rings is 1. The third kappa shape index (κ3) is 2.92. The van der Waals surface area contributed by atoms with Crippen LogP contribution in [0.2, 0.25) is 0 Å². The molecule has 0 aliphatic carbocycles. The lowest BCUT2D eigenvalue weighted by molar-refractivity contribution is -0.385. The molecule has 0 bridgehead atoms. The highest BCUT2D eigenvalue weighted by Crippen LogP contribution is 2.29. The number of hydrogen-bond acceptors (Lipinski definition) is 6. The molecule has 2 aromatic rings. The molecule has 0 radical (unpaired) electrons. The molecule has 0 amide bonds. The minimum absolute atomic E-state index is 0.0336. The van der Waals surface area contributed by atoms with Gasteiger partial charge in [0.15, 0.2) is 0 Å². The Morgan fingerprint density at radius 1 is 1.45 bits per heavy atom. The van der Waals surface area contributed by atoms with E-state index in [1.807, 2.05) is 0 Å². The summed E-state index contributed by atoms with van der Waals surface area (Å²) in [6, 6.07) is 6.87. The molecular formula is C14H17N3O5. The highest BCUT2D eigenvalue weighted by Gasteiger charge is 2.24. The summed E-state index contributed by atoms with van der Waals surface area (Å²) in [5.74, 6) is 0. The van der Waals surface area contributed by atoms with E-state index in [0.717, 1.165) is 0 Å². The lowest BCUT2D eigenvalue weighted by atomic mass is 10.1. The molecule has 1 aromatic heterocycles. The van der Waals surface area contributed by atoms with Gasteiger partial charge in [-0.15, -0.1) is 0 Å². The lowest BCUT2D eigenvalue weighted by Gasteiger charge is -2.15. The molecule has 1 aromatic carbocycles. The van der Waals surface area contributed by atoms with Crippen LogP contribution in [0.5, 0.6) is 0 Å². The maximum atomic E-state index is 12.2. The molecule has 2 rings (SSSR count). The number of anilines is 1. The van der Waals surface area contributed by atoms with Crippen molar-refractivity contribution in [1.82, 2.24) is 4.57 Å². The lowest BCUT2D eigenvalue weighted by Crippen LogP contribution is -2.27. The minimum atomic E-state index is -0.840. The van der Waals surface area contributed by atoms with Gasteiger partial charge in [0.2, 0.25) is 0 Å². The van der Waals surface area contributed by atoms with Crippen molar-refractivity contribution in [3.8, 4) is 0 Å². The Hall–Kier alpha value is -2.45. The Balaban J connectivity index is 2.59. The van der Waals surface area contributed by atoms with E-state index in [1.54, 1.807) is 24.3 Å². The summed E-state index contributed by atoms with van der Waals surface area (Å²) in [6.07, 6.45) is -0.840. The van der Waals surface area contributed by atoms with Crippen LogP contribution in [-0.4, -0.2) is 41.0 Å². The van der Waals surface area contributed by atoms with Gasteiger partial charge in [-0.3, -0.25) is 14.9 Å². The summed E-state index contributed by atoms with van der Waals surface area (Å²) in [5.41, 5.74) is -0.557. The zero-order valence-corrected chi connectivity index (χ0v) is 12.3. The topological polar surface area (TPSA) is 107 Å². The summed E-state index contributed by atoms with van der Waals surface area (Å²) in [7, 11) is 2.93. The Bertz CT molecular complexity index is 756. The number of rotatable bonds is 6. The van der Waals surface area contributed by atoms with Crippen LogP contribution in [0.25, 0.3) is 10.9 Å². The van der Waals surface area contributed by atoms with Gasteiger partial charge in [0.05, 0.1) is 23.2 Å². The zero-order chi connectivity index (χ0) is 16.3. The van der Waals surface area contributed by atoms with E-state index in [9.17, 15) is 20.0 Å². The second kappa shape index (κ2) is 6.54. The molecule has 8 heteroatoms. The highest BCUT2D eigenvalue weighted by atomic mass is 16.6. The van der Waals surface area contributed by atoms with Gasteiger partial charge in [0.1, 0.15) is 5.69 Å². The van der Waals surface area contributed by atoms with E-state index in [1.165, 1.54) is 18.7 Å². The quantitative estimate of drug-likeness (QED) is 0.605. The predicted octanol–water partition coefficient (Wildman–Crippen LogP) is 0.866. The van der Waals surface area contributed by atoms with Gasteiger partial charge in [0.25, 0.3) is 0 Å². The van der Waals surface area contributed by atoms with Crippen LogP contribution in [0, 0.1) is 10.1 Å². The monoisotopic (exact) mass is 307 g/mol. The normalized spacial score (nSPS) is 12.3. The minimum Gasteiger partial charge on any atom is -0.389 e. The first-order valence-electron chi connectivity index (χ1n) is 6.64. The molecule has 0 aliphatic heterocycles. The maximum absolute atomic E-state index is 12.2. The SMILES string of the molecule is COC[C@H](O)CNc1c([N+](=O)[O-])c(=O)n(C)c2ccccc12. The summed E-state index contributed by atoms with van der Waals surface area (Å²) in [6.45, 7) is 0.120. The van der Waals surface area contributed by atoms with Gasteiger partial charge in [0, 0.05) is 26.1 Å². The van der Waals surface area contributed by atoms with Crippen LogP contribution in [0.1, 0.15) is 0 Å². The number of fused-ring (bicyclic) bond motifs is 1. The average molecular weight is 307 g/mol. The molecule has 8 nitrogen and oxygen atoms in total. The number of nitro groups is 1. The first kappa shape index (κ1) is 15.9. The molecule has 22 heavy (non-hydrogen) atoms. The number of aromatic nitrogens is 1. The van der Waals surface area contributed by atoms with Crippen molar-refractivity contribution in [2.75, 3.05) is 25.6 Å². The van der Waals surface area contributed by atoms with Crippen LogP contribution in [0.3, 0.4) is 0 Å². The number of para-hydroxylation sites is 1. The van der Waals surface area contributed by atoms with Gasteiger partial charge >= 0.3 is 11.2 Å². The number of benzene rings is 1. The smallest absolute Gasteiger partial charge is 0.357 e. The van der Waals surface area contributed by atoms with E-state index in [-0.39, 0.29) is 18.8 Å². The van der Waals surface area contributed by atoms with Crippen molar-refractivity contribution < 1.29 is 14.8 Å². The first-order valence-corrected chi connectivity index (χ1v) is 6.64. The summed E-state index contributed by atoms with van der Waals surface area (Å²) < 4.78 is 6.05. The van der Waals surface area contributed by atoms with Crippen molar-refractivity contribution >= 4 is 22.3 Å². The van der Waals surface area contributed by atoms with E-state index >= 15 is 0 Å². The maximum Gasteiger partial charge on any atom is 0.357 e. The predicted molar refractivity (Wildman–Crippen MR) is 82.2 cm³/mol. The molecule has 0 unspecified atom stereocenters. The number of methoxy groups -OCH3 is 1. The number of aryl methyl sites for hydroxylation is 1. The Morgan fingerprint density at radius 2 is 2.14 bits per heavy atom. The molecular weight excluding hydrogens is 290 g/mol. The number of ether oxygens (including phenoxy) is 1. The van der Waals surface area contributed by atoms with Gasteiger partial charge in [-0.25, -0.2) is 0 Å². The molecule has 0 fully saturated rings. The fourth-order valence-corrected chi connectivity index (χ4v) is 2.30. The zero-order valence-electron chi connectivity index (χ0n) is 12.3. The van der Waals surface area contributed by atoms with Crippen LogP contribution in [0.4, 0.5) is 11.4 Å². The molecule has 0 aliphatic rings. The molecule has 0 saturated carbocycles. The fourth-order valence-electron chi connectivity index (χ4n) is 2.30. The second-order valence-corrected chi connectivity index (χ2v) is 4.85. The molecule has 1 heterocycles. The summed E-state index contributed by atoms with van der Waals surface area (Å²) >= 11 is 0. The summed E-state index contributed by atoms with van der Waals surface area (Å²) in [5, 5.41) is 24.3. The third-order valence-corrected chi connectivity index (χ3v) is 3.33. The second-order valence-electron chi connectivity index (χ2n) is 4.85. The number of nitrogens with one attached hydrogen (secondary N) is 1. The highest BCUT2D eigenvalue weighted by molar-refractivity contribution is 5.96. The Kier molecular flexibility index (Phi) is 4.74. The van der Waals surface area contributed by atoms with E-state index in [0.29, 0.717) is 10.9 Å². The molecule has 1 atom stereocenters. The number of nitrogens with zero attached hydrogens (tertiary/aromatic N) is 2. The van der Waals surface area contributed by atoms with Gasteiger partial charge in [-0.05, 0) is 6.07 Å². The van der Waals surface area contributed by atoms with Crippen LogP contribution in [0.15, 0.2) is 29.1 Å². The molecule has 118 valence electrons. The van der Waals surface area contributed by atoms with Crippen LogP contribution >= 0.6 is 0 Å². The molecule has 0 spiro atoms. The van der Waals surface area contributed by atoms with Crippen molar-refractivity contribution in [1.29, 1.82) is 0 Å².